The van der Waals surface area contributed by atoms with Gasteiger partial charge in [-0.2, -0.15) is 4.68 Å². The molecular formula is C19H20FN3O5S. The van der Waals surface area contributed by atoms with Crippen LogP contribution >= 0.6 is 11.3 Å². The largest absolute Gasteiger partial charge is 0.496 e. The molecule has 1 aromatic carbocycles. The van der Waals surface area contributed by atoms with Crippen molar-refractivity contribution in [2.24, 2.45) is 0 Å². The normalized spacial score (nSPS) is 11.1. The Balaban J connectivity index is 2.23. The summed E-state index contributed by atoms with van der Waals surface area (Å²) in [6.07, 6.45) is 0. The van der Waals surface area contributed by atoms with Gasteiger partial charge >= 0.3 is 5.69 Å². The quantitative estimate of drug-likeness (QED) is 0.586. The van der Waals surface area contributed by atoms with Gasteiger partial charge in [0.2, 0.25) is 0 Å². The molecule has 2 aromatic heterocycles. The van der Waals surface area contributed by atoms with E-state index in [4.69, 9.17) is 9.47 Å². The Morgan fingerprint density at radius 2 is 2.00 bits per heavy atom. The lowest BCUT2D eigenvalue weighted by molar-refractivity contribution is 0.0968. The van der Waals surface area contributed by atoms with Gasteiger partial charge in [0, 0.05) is 19.0 Å². The van der Waals surface area contributed by atoms with Crippen molar-refractivity contribution in [3.05, 3.63) is 60.9 Å². The van der Waals surface area contributed by atoms with Gasteiger partial charge in [-0.05, 0) is 30.7 Å². The van der Waals surface area contributed by atoms with Crippen LogP contribution < -0.4 is 21.4 Å². The Kier molecular flexibility index (Phi) is 5.85. The summed E-state index contributed by atoms with van der Waals surface area (Å²) in [5.74, 6) is -0.920. The van der Waals surface area contributed by atoms with E-state index in [1.165, 1.54) is 49.3 Å². The average molecular weight is 421 g/mol. The lowest BCUT2D eigenvalue weighted by atomic mass is 10.1. The van der Waals surface area contributed by atoms with Crippen LogP contribution in [0.1, 0.15) is 20.8 Å². The number of carbonyl (C=O) groups is 1. The highest BCUT2D eigenvalue weighted by Gasteiger charge is 2.22. The highest BCUT2D eigenvalue weighted by Crippen LogP contribution is 2.29. The third-order valence-electron chi connectivity index (χ3n) is 4.57. The minimum absolute atomic E-state index is 0.0140. The Morgan fingerprint density at radius 1 is 1.28 bits per heavy atom. The number of nitrogens with zero attached hydrogens (tertiary/aromatic N) is 2. The molecule has 0 spiro atoms. The second kappa shape index (κ2) is 8.18. The highest BCUT2D eigenvalue weighted by molar-refractivity contribution is 7.18. The lowest BCUT2D eigenvalue weighted by Gasteiger charge is -2.12. The van der Waals surface area contributed by atoms with Gasteiger partial charge in [0.1, 0.15) is 16.4 Å². The number of ketones is 1. The predicted octanol–water partition coefficient (Wildman–Crippen LogP) is 1.88. The molecule has 0 atom stereocenters. The number of aryl methyl sites for hydroxylation is 1. The highest BCUT2D eigenvalue weighted by atomic mass is 32.1. The van der Waals surface area contributed by atoms with Crippen LogP contribution in [-0.2, 0) is 17.9 Å². The molecule has 0 radical (unpaired) electrons. The van der Waals surface area contributed by atoms with Gasteiger partial charge in [-0.1, -0.05) is 0 Å². The van der Waals surface area contributed by atoms with Crippen molar-refractivity contribution < 1.29 is 18.7 Å². The fraction of sp³-hybridized carbons (Fsp3) is 0.316. The number of carbonyl (C=O) groups excluding carboxylic acids is 1. The number of rotatable bonds is 7. The van der Waals surface area contributed by atoms with E-state index in [1.807, 2.05) is 0 Å². The summed E-state index contributed by atoms with van der Waals surface area (Å²) in [5.41, 5.74) is 2.06. The average Bonchev–Trinajstić information content (AvgIpc) is 3.02. The van der Waals surface area contributed by atoms with E-state index in [9.17, 15) is 18.8 Å². The number of hydrogen-bond donors (Lipinski definition) is 1. The van der Waals surface area contributed by atoms with Crippen molar-refractivity contribution in [3.8, 4) is 5.75 Å². The fourth-order valence-corrected chi connectivity index (χ4v) is 4.39. The first kappa shape index (κ1) is 20.7. The number of benzene rings is 1. The van der Waals surface area contributed by atoms with Gasteiger partial charge in [-0.25, -0.2) is 9.18 Å². The van der Waals surface area contributed by atoms with Gasteiger partial charge in [0.25, 0.3) is 5.56 Å². The summed E-state index contributed by atoms with van der Waals surface area (Å²) < 4.78 is 26.0. The molecule has 0 aliphatic rings. The monoisotopic (exact) mass is 421 g/mol. The number of fused-ring (bicyclic) bond motifs is 1. The molecule has 3 aromatic rings. The van der Waals surface area contributed by atoms with E-state index in [2.05, 4.69) is 5.43 Å². The van der Waals surface area contributed by atoms with E-state index in [0.717, 1.165) is 15.6 Å². The van der Waals surface area contributed by atoms with Crippen molar-refractivity contribution in [2.45, 2.75) is 20.1 Å². The maximum absolute atomic E-state index is 13.7. The van der Waals surface area contributed by atoms with Crippen molar-refractivity contribution >= 4 is 27.3 Å². The fourth-order valence-electron chi connectivity index (χ4n) is 3.12. The molecule has 10 heteroatoms. The van der Waals surface area contributed by atoms with Gasteiger partial charge in [-0.3, -0.25) is 14.2 Å². The van der Waals surface area contributed by atoms with E-state index >= 15 is 0 Å². The molecule has 0 unspecified atom stereocenters. The van der Waals surface area contributed by atoms with Crippen LogP contribution in [0.5, 0.6) is 5.75 Å². The molecule has 8 nitrogen and oxygen atoms in total. The number of Topliss-reactive ketones (excluding diaryl/α,β-unsaturated/α-hetero) is 1. The van der Waals surface area contributed by atoms with Crippen LogP contribution in [-0.4, -0.2) is 36.3 Å². The minimum Gasteiger partial charge on any atom is -0.496 e. The molecule has 0 saturated heterocycles. The van der Waals surface area contributed by atoms with Gasteiger partial charge in [0.15, 0.2) is 5.78 Å². The molecule has 0 saturated carbocycles. The first-order chi connectivity index (χ1) is 13.8. The van der Waals surface area contributed by atoms with Crippen LogP contribution in [0.15, 0.2) is 27.8 Å². The molecule has 154 valence electrons. The zero-order valence-corrected chi connectivity index (χ0v) is 17.2. The number of methoxy groups -OCH3 is 2. The number of thiophene rings is 1. The minimum atomic E-state index is -0.695. The first-order valence-electron chi connectivity index (χ1n) is 8.65. The van der Waals surface area contributed by atoms with E-state index in [0.29, 0.717) is 15.8 Å². The summed E-state index contributed by atoms with van der Waals surface area (Å²) in [7, 11) is 4.34. The molecular weight excluding hydrogens is 401 g/mol. The molecule has 0 aliphatic heterocycles. The van der Waals surface area contributed by atoms with Crippen LogP contribution in [0.25, 0.3) is 10.2 Å². The Morgan fingerprint density at radius 3 is 2.62 bits per heavy atom. The number of nitrogens with one attached hydrogen (secondary N) is 1. The summed E-state index contributed by atoms with van der Waals surface area (Å²) in [4.78, 5) is 39.7. The molecule has 0 amide bonds. The second-order valence-corrected chi connectivity index (χ2v) is 7.35. The predicted molar refractivity (Wildman–Crippen MR) is 108 cm³/mol. The summed E-state index contributed by atoms with van der Waals surface area (Å²) in [6.45, 7) is 1.65. The second-order valence-electron chi connectivity index (χ2n) is 6.26. The first-order valence-corrected chi connectivity index (χ1v) is 9.46. The van der Waals surface area contributed by atoms with Crippen molar-refractivity contribution in [3.63, 3.8) is 0 Å². The maximum Gasteiger partial charge on any atom is 0.351 e. The van der Waals surface area contributed by atoms with Gasteiger partial charge < -0.3 is 14.9 Å². The Hall–Kier alpha value is -2.98. The van der Waals surface area contributed by atoms with Crippen LogP contribution in [0, 0.1) is 12.7 Å². The summed E-state index contributed by atoms with van der Waals surface area (Å²) in [5, 5.41) is 0.329. The number of hydrogen-bond acceptors (Lipinski definition) is 7. The van der Waals surface area contributed by atoms with E-state index in [-0.39, 0.29) is 24.5 Å². The standard InChI is InChI=1S/C19H20FN3O5S/c1-10-15(9-27-3)29-18-16(10)17(25)23(21-2)19(26)22(18)8-13(24)12-7-11(20)5-6-14(12)28-4/h5-7,21H,8-9H2,1-4H3. The topological polar surface area (TPSA) is 91.6 Å². The van der Waals surface area contributed by atoms with Crippen LogP contribution in [0.3, 0.4) is 0 Å². The Bertz CT molecular complexity index is 1210. The van der Waals surface area contributed by atoms with E-state index in [1.54, 1.807) is 6.92 Å². The zero-order valence-electron chi connectivity index (χ0n) is 16.4. The molecule has 0 aliphatic carbocycles. The molecule has 1 N–H and O–H groups in total. The summed E-state index contributed by atoms with van der Waals surface area (Å²) >= 11 is 1.21. The molecule has 2 heterocycles. The zero-order chi connectivity index (χ0) is 21.3. The van der Waals surface area contributed by atoms with Crippen LogP contribution in [0.2, 0.25) is 0 Å². The molecule has 3 rings (SSSR count). The van der Waals surface area contributed by atoms with Gasteiger partial charge in [0.05, 0.1) is 31.2 Å². The third-order valence-corrected chi connectivity index (χ3v) is 5.86. The van der Waals surface area contributed by atoms with Crippen molar-refractivity contribution in [2.75, 3.05) is 26.7 Å². The molecule has 0 bridgehead atoms. The molecule has 0 fully saturated rings. The Labute approximate surface area is 169 Å². The SMILES string of the molecule is CNn1c(=O)c2c(C)c(COC)sc2n(CC(=O)c2cc(F)ccc2OC)c1=O. The van der Waals surface area contributed by atoms with Gasteiger partial charge in [-0.15, -0.1) is 11.3 Å². The van der Waals surface area contributed by atoms with Crippen molar-refractivity contribution in [1.29, 1.82) is 0 Å². The number of halogens is 1. The van der Waals surface area contributed by atoms with E-state index < -0.39 is 22.8 Å². The van der Waals surface area contributed by atoms with Crippen molar-refractivity contribution in [1.82, 2.24) is 9.24 Å². The molecule has 29 heavy (non-hydrogen) atoms. The number of ether oxygens (including phenoxy) is 2. The van der Waals surface area contributed by atoms with Crippen LogP contribution in [0.4, 0.5) is 4.39 Å². The smallest absolute Gasteiger partial charge is 0.351 e. The maximum atomic E-state index is 13.7. The summed E-state index contributed by atoms with van der Waals surface area (Å²) in [6, 6.07) is 3.59. The third kappa shape index (κ3) is 3.56. The lowest BCUT2D eigenvalue weighted by Crippen LogP contribution is -2.44. The number of aromatic nitrogens is 2.